The molecule has 1 aromatic rings. The Hall–Kier alpha value is -1.30. The van der Waals surface area contributed by atoms with Gasteiger partial charge in [0.15, 0.2) is 0 Å². The van der Waals surface area contributed by atoms with Gasteiger partial charge in [-0.3, -0.25) is 4.79 Å². The van der Waals surface area contributed by atoms with Crippen LogP contribution in [0, 0.1) is 5.92 Å². The summed E-state index contributed by atoms with van der Waals surface area (Å²) >= 11 is 0. The van der Waals surface area contributed by atoms with E-state index in [-0.39, 0.29) is 24.2 Å². The van der Waals surface area contributed by atoms with Crippen LogP contribution in [0.15, 0.2) is 24.3 Å². The molecule has 1 aromatic carbocycles. The molecule has 0 bridgehead atoms. The lowest BCUT2D eigenvalue weighted by molar-refractivity contribution is -0.123. The maximum Gasteiger partial charge on any atom is 0.237 e. The predicted octanol–water partition coefficient (Wildman–Crippen LogP) is 1.77. The van der Waals surface area contributed by atoms with Crippen LogP contribution in [0.4, 0.5) is 5.69 Å². The number of para-hydroxylation sites is 1. The first-order chi connectivity index (χ1) is 9.56. The van der Waals surface area contributed by atoms with Crippen LogP contribution in [0.25, 0.3) is 0 Å². The monoisotopic (exact) mass is 315 g/mol. The summed E-state index contributed by atoms with van der Waals surface area (Å²) in [5, 5.41) is 6.16. The van der Waals surface area contributed by atoms with Gasteiger partial charge in [-0.1, -0.05) is 32.0 Å². The largest absolute Gasteiger partial charge is 0.383 e. The third-order valence-electron chi connectivity index (χ3n) is 3.11. The smallest absolute Gasteiger partial charge is 0.237 e. The highest BCUT2D eigenvalue weighted by Gasteiger charge is 2.16. The Bertz CT molecular complexity index is 427. The second-order valence-electron chi connectivity index (χ2n) is 5.06. The Balaban J connectivity index is 0.00000400. The van der Waals surface area contributed by atoms with Crippen LogP contribution >= 0.6 is 12.4 Å². The third-order valence-corrected chi connectivity index (χ3v) is 3.11. The lowest BCUT2D eigenvalue weighted by Gasteiger charge is -2.17. The van der Waals surface area contributed by atoms with Gasteiger partial charge in [0.1, 0.15) is 0 Å². The summed E-state index contributed by atoms with van der Waals surface area (Å²) in [6.45, 7) is 5.70. The number of carbonyl (C=O) groups excluding carboxylic acids is 1. The first-order valence-electron chi connectivity index (χ1n) is 6.90. The van der Waals surface area contributed by atoms with Crippen LogP contribution < -0.4 is 16.4 Å². The molecule has 6 heteroatoms. The Morgan fingerprint density at radius 1 is 1.33 bits per heavy atom. The number of hydrogen-bond donors (Lipinski definition) is 3. The van der Waals surface area contributed by atoms with Crippen LogP contribution in [0.1, 0.15) is 19.4 Å². The van der Waals surface area contributed by atoms with E-state index < -0.39 is 6.04 Å². The molecule has 5 nitrogen and oxygen atoms in total. The molecule has 0 aliphatic heterocycles. The Morgan fingerprint density at radius 3 is 2.62 bits per heavy atom. The highest BCUT2D eigenvalue weighted by atomic mass is 35.5. The molecular formula is C15H26ClN3O2. The first kappa shape index (κ1) is 19.7. The van der Waals surface area contributed by atoms with Crippen molar-refractivity contribution in [2.75, 3.05) is 25.6 Å². The highest BCUT2D eigenvalue weighted by Crippen LogP contribution is 2.14. The van der Waals surface area contributed by atoms with E-state index in [9.17, 15) is 4.79 Å². The summed E-state index contributed by atoms with van der Waals surface area (Å²) < 4.78 is 5.01. The van der Waals surface area contributed by atoms with E-state index in [1.807, 2.05) is 38.1 Å². The molecule has 0 heterocycles. The normalized spacial score (nSPS) is 11.7. The summed E-state index contributed by atoms with van der Waals surface area (Å²) in [6.07, 6.45) is 0. The molecule has 4 N–H and O–H groups in total. The highest BCUT2D eigenvalue weighted by molar-refractivity contribution is 5.85. The minimum Gasteiger partial charge on any atom is -0.383 e. The SMILES string of the molecule is COCCNc1ccccc1CNC(=O)[C@@H](N)C(C)C.Cl. The molecule has 0 unspecified atom stereocenters. The maximum atomic E-state index is 11.9. The lowest BCUT2D eigenvalue weighted by atomic mass is 10.0. The number of nitrogens with one attached hydrogen (secondary N) is 2. The molecule has 21 heavy (non-hydrogen) atoms. The fraction of sp³-hybridized carbons (Fsp3) is 0.533. The molecule has 0 aromatic heterocycles. The van der Waals surface area contributed by atoms with Crippen molar-refractivity contribution < 1.29 is 9.53 Å². The molecule has 0 radical (unpaired) electrons. The van der Waals surface area contributed by atoms with Crippen molar-refractivity contribution in [1.82, 2.24) is 5.32 Å². The van der Waals surface area contributed by atoms with Gasteiger partial charge >= 0.3 is 0 Å². The second kappa shape index (κ2) is 10.4. The van der Waals surface area contributed by atoms with E-state index in [1.54, 1.807) is 7.11 Å². The summed E-state index contributed by atoms with van der Waals surface area (Å²) in [4.78, 5) is 11.9. The van der Waals surface area contributed by atoms with Crippen LogP contribution in [-0.4, -0.2) is 32.2 Å². The number of methoxy groups -OCH3 is 1. The van der Waals surface area contributed by atoms with Gasteiger partial charge in [0, 0.05) is 25.9 Å². The molecular weight excluding hydrogens is 290 g/mol. The maximum absolute atomic E-state index is 11.9. The zero-order chi connectivity index (χ0) is 15.0. The molecule has 1 amide bonds. The van der Waals surface area contributed by atoms with E-state index in [4.69, 9.17) is 10.5 Å². The van der Waals surface area contributed by atoms with E-state index in [0.29, 0.717) is 13.2 Å². The van der Waals surface area contributed by atoms with E-state index in [1.165, 1.54) is 0 Å². The van der Waals surface area contributed by atoms with Gasteiger partial charge in [0.2, 0.25) is 5.91 Å². The Labute approximate surface area is 133 Å². The zero-order valence-electron chi connectivity index (χ0n) is 12.9. The second-order valence-corrected chi connectivity index (χ2v) is 5.06. The van der Waals surface area contributed by atoms with Crippen molar-refractivity contribution >= 4 is 24.0 Å². The fourth-order valence-electron chi connectivity index (χ4n) is 1.74. The van der Waals surface area contributed by atoms with Crippen molar-refractivity contribution in [2.45, 2.75) is 26.4 Å². The third kappa shape index (κ3) is 6.80. The molecule has 0 aliphatic rings. The molecule has 0 spiro atoms. The minimum absolute atomic E-state index is 0. The van der Waals surface area contributed by atoms with Gasteiger partial charge in [0.05, 0.1) is 12.6 Å². The molecule has 0 fully saturated rings. The average molecular weight is 316 g/mol. The molecule has 0 aliphatic carbocycles. The molecule has 0 saturated heterocycles. The number of nitrogens with two attached hydrogens (primary N) is 1. The number of ether oxygens (including phenoxy) is 1. The van der Waals surface area contributed by atoms with Crippen LogP contribution in [-0.2, 0) is 16.1 Å². The number of amides is 1. The molecule has 0 saturated carbocycles. The number of carbonyl (C=O) groups is 1. The van der Waals surface area contributed by atoms with Gasteiger partial charge in [-0.15, -0.1) is 12.4 Å². The van der Waals surface area contributed by atoms with Crippen molar-refractivity contribution in [3.63, 3.8) is 0 Å². The van der Waals surface area contributed by atoms with Crippen molar-refractivity contribution in [2.24, 2.45) is 11.7 Å². The summed E-state index contributed by atoms with van der Waals surface area (Å²) in [5.41, 5.74) is 7.85. The summed E-state index contributed by atoms with van der Waals surface area (Å²) in [6, 6.07) is 7.41. The quantitative estimate of drug-likeness (QED) is 0.639. The Morgan fingerprint density at radius 2 is 2.00 bits per heavy atom. The zero-order valence-corrected chi connectivity index (χ0v) is 13.7. The standard InChI is InChI=1S/C15H25N3O2.ClH/c1-11(2)14(16)15(19)18-10-12-6-4-5-7-13(12)17-8-9-20-3;/h4-7,11,14,17H,8-10,16H2,1-3H3,(H,18,19);1H/t14-;/m0./s1. The minimum atomic E-state index is -0.469. The number of hydrogen-bond acceptors (Lipinski definition) is 4. The van der Waals surface area contributed by atoms with Crippen LogP contribution in [0.2, 0.25) is 0 Å². The average Bonchev–Trinajstić information content (AvgIpc) is 2.45. The van der Waals surface area contributed by atoms with E-state index >= 15 is 0 Å². The van der Waals surface area contributed by atoms with Gasteiger partial charge in [0.25, 0.3) is 0 Å². The van der Waals surface area contributed by atoms with Crippen molar-refractivity contribution in [3.05, 3.63) is 29.8 Å². The van der Waals surface area contributed by atoms with Crippen LogP contribution in [0.5, 0.6) is 0 Å². The summed E-state index contributed by atoms with van der Waals surface area (Å²) in [5.74, 6) is 0.0109. The number of benzene rings is 1. The van der Waals surface area contributed by atoms with Gasteiger partial charge < -0.3 is 21.1 Å². The molecule has 120 valence electrons. The topological polar surface area (TPSA) is 76.4 Å². The number of halogens is 1. The first-order valence-corrected chi connectivity index (χ1v) is 6.90. The number of anilines is 1. The van der Waals surface area contributed by atoms with Crippen molar-refractivity contribution in [3.8, 4) is 0 Å². The summed E-state index contributed by atoms with van der Waals surface area (Å²) in [7, 11) is 1.67. The lowest BCUT2D eigenvalue weighted by Crippen LogP contribution is -2.43. The van der Waals surface area contributed by atoms with E-state index in [2.05, 4.69) is 10.6 Å². The predicted molar refractivity (Wildman–Crippen MR) is 88.7 cm³/mol. The fourth-order valence-corrected chi connectivity index (χ4v) is 1.74. The van der Waals surface area contributed by atoms with Gasteiger partial charge in [-0.25, -0.2) is 0 Å². The van der Waals surface area contributed by atoms with Crippen LogP contribution in [0.3, 0.4) is 0 Å². The Kier molecular flexibility index (Phi) is 9.78. The number of rotatable bonds is 8. The van der Waals surface area contributed by atoms with Gasteiger partial charge in [-0.05, 0) is 17.5 Å². The van der Waals surface area contributed by atoms with E-state index in [0.717, 1.165) is 17.8 Å². The molecule has 1 atom stereocenters. The van der Waals surface area contributed by atoms with Gasteiger partial charge in [-0.2, -0.15) is 0 Å². The van der Waals surface area contributed by atoms with Crippen molar-refractivity contribution in [1.29, 1.82) is 0 Å². The molecule has 1 rings (SSSR count).